The van der Waals surface area contributed by atoms with Crippen molar-refractivity contribution < 1.29 is 43.6 Å². The number of phenols is 1. The third-order valence-electron chi connectivity index (χ3n) is 1.70. The predicted molar refractivity (Wildman–Crippen MR) is 58.4 cm³/mol. The van der Waals surface area contributed by atoms with Crippen LogP contribution in [-0.2, 0) is 14.9 Å². The van der Waals surface area contributed by atoms with E-state index >= 15 is 0 Å². The summed E-state index contributed by atoms with van der Waals surface area (Å²) in [7, 11) is -4.70. The summed E-state index contributed by atoms with van der Waals surface area (Å²) in [5.74, 6) is -2.96. The maximum absolute atomic E-state index is 10.5. The first-order chi connectivity index (χ1) is 8.59. The summed E-state index contributed by atoms with van der Waals surface area (Å²) in [5.41, 5.74) is 2.46. The molecule has 0 aliphatic rings. The van der Waals surface area contributed by atoms with Crippen LogP contribution in [0.1, 0.15) is 10.4 Å². The first-order valence-corrected chi connectivity index (χ1v) is 6.03. The van der Waals surface area contributed by atoms with Crippen LogP contribution < -0.4 is 5.73 Å². The number of hydrogen-bond acceptors (Lipinski definition) is 6. The summed E-state index contributed by atoms with van der Waals surface area (Å²) in [5, 5.41) is 25.2. The van der Waals surface area contributed by atoms with Crippen LogP contribution in [0.5, 0.6) is 5.75 Å². The molecule has 0 aliphatic carbocycles. The van der Waals surface area contributed by atoms with Gasteiger partial charge in [-0.3, -0.25) is 0 Å². The second-order valence-corrected chi connectivity index (χ2v) is 4.46. The van der Waals surface area contributed by atoms with Gasteiger partial charge in [-0.2, -0.15) is 0 Å². The zero-order chi connectivity index (χ0) is 15.2. The highest BCUT2D eigenvalue weighted by atomic mass is 32.2. The van der Waals surface area contributed by atoms with Crippen LogP contribution in [0.3, 0.4) is 0 Å². The third-order valence-corrected chi connectivity index (χ3v) is 2.53. The van der Waals surface area contributed by atoms with E-state index in [-0.39, 0.29) is 6.54 Å². The van der Waals surface area contributed by atoms with Crippen molar-refractivity contribution in [1.82, 2.24) is 0 Å². The van der Waals surface area contributed by atoms with Crippen LogP contribution in [0.15, 0.2) is 23.1 Å². The molecule has 106 valence electrons. The van der Waals surface area contributed by atoms with E-state index < -0.39 is 38.3 Å². The summed E-state index contributed by atoms with van der Waals surface area (Å²) >= 11 is 0. The van der Waals surface area contributed by atoms with Crippen molar-refractivity contribution in [1.29, 1.82) is 0 Å². The molecule has 0 aromatic heterocycles. The molecule has 1 rings (SSSR count). The molecule has 0 radical (unpaired) electrons. The lowest BCUT2D eigenvalue weighted by molar-refractivity contribution is -0.358. The number of aromatic carboxylic acids is 1. The molecular formula is C9H11NO8S. The number of carbonyl (C=O) groups is 2. The average molecular weight is 293 g/mol. The molecule has 0 fully saturated rings. The van der Waals surface area contributed by atoms with Gasteiger partial charge in [-0.1, -0.05) is 0 Å². The van der Waals surface area contributed by atoms with E-state index in [9.17, 15) is 22.6 Å². The highest BCUT2D eigenvalue weighted by Gasteiger charge is 2.12. The number of quaternary nitrogens is 1. The Morgan fingerprint density at radius 3 is 2.05 bits per heavy atom. The Kier molecular flexibility index (Phi) is 5.92. The monoisotopic (exact) mass is 293 g/mol. The van der Waals surface area contributed by atoms with Gasteiger partial charge in [-0.25, -0.2) is 18.0 Å². The molecular weight excluding hydrogens is 282 g/mol. The van der Waals surface area contributed by atoms with Gasteiger partial charge in [0.1, 0.15) is 21.4 Å². The number of aliphatic carboxylic acids is 1. The van der Waals surface area contributed by atoms with Crippen LogP contribution in [0.4, 0.5) is 0 Å². The number of rotatable bonds is 3. The molecule has 0 saturated carbocycles. The van der Waals surface area contributed by atoms with E-state index in [1.807, 2.05) is 0 Å². The van der Waals surface area contributed by atoms with Crippen molar-refractivity contribution in [2.24, 2.45) is 0 Å². The molecule has 9 nitrogen and oxygen atoms in total. The molecule has 0 saturated heterocycles. The molecule has 19 heavy (non-hydrogen) atoms. The van der Waals surface area contributed by atoms with Crippen LogP contribution >= 0.6 is 0 Å². The number of hydrogen-bond donors (Lipinski definition) is 4. The highest BCUT2D eigenvalue weighted by Crippen LogP contribution is 2.20. The van der Waals surface area contributed by atoms with Crippen LogP contribution in [0, 0.1) is 0 Å². The fraction of sp³-hybridized carbons (Fsp3) is 0.111. The maximum Gasteiger partial charge on any atom is 0.359 e. The highest BCUT2D eigenvalue weighted by molar-refractivity contribution is 7.85. The first-order valence-electron chi connectivity index (χ1n) is 4.62. The standard InChI is InChI=1S/C7H6O6S.C2H5NO2/c8-6-2-1-4(14(11,12)13)3-5(6)7(9)10;3-1-2(4)5/h1-3,8H,(H,9,10)(H,11,12,13);1,3H2,(H,4,5). The fourth-order valence-corrected chi connectivity index (χ4v) is 1.34. The number of carboxylic acid groups (broad SMARTS) is 2. The summed E-state index contributed by atoms with van der Waals surface area (Å²) < 4.78 is 31.5. The lowest BCUT2D eigenvalue weighted by Crippen LogP contribution is -2.54. The van der Waals surface area contributed by atoms with Crippen molar-refractivity contribution >= 4 is 22.1 Å². The Morgan fingerprint density at radius 1 is 1.26 bits per heavy atom. The maximum atomic E-state index is 10.5. The largest absolute Gasteiger partial charge is 0.744 e. The van der Waals surface area contributed by atoms with E-state index in [1.54, 1.807) is 0 Å². The van der Waals surface area contributed by atoms with E-state index in [2.05, 4.69) is 5.73 Å². The average Bonchev–Trinajstić information content (AvgIpc) is 2.28. The van der Waals surface area contributed by atoms with Crippen molar-refractivity contribution in [2.45, 2.75) is 4.90 Å². The van der Waals surface area contributed by atoms with Crippen LogP contribution in [-0.4, -0.2) is 46.8 Å². The zero-order valence-corrected chi connectivity index (χ0v) is 10.3. The molecule has 1 aromatic carbocycles. The van der Waals surface area contributed by atoms with Gasteiger partial charge in [0.05, 0.1) is 4.90 Å². The molecule has 0 heterocycles. The van der Waals surface area contributed by atoms with Crippen LogP contribution in [0.2, 0.25) is 0 Å². The lowest BCUT2D eigenvalue weighted by atomic mass is 10.2. The van der Waals surface area contributed by atoms with Gasteiger partial charge in [0, 0.05) is 0 Å². The Labute approximate surface area is 107 Å². The molecule has 6 N–H and O–H groups in total. The third kappa shape index (κ3) is 5.81. The van der Waals surface area contributed by atoms with Gasteiger partial charge < -0.3 is 25.6 Å². The smallest absolute Gasteiger partial charge is 0.359 e. The molecule has 0 amide bonds. The minimum Gasteiger partial charge on any atom is -0.744 e. The summed E-state index contributed by atoms with van der Waals surface area (Å²) in [4.78, 5) is 19.1. The fourth-order valence-electron chi connectivity index (χ4n) is 0.842. The second kappa shape index (κ2) is 6.68. The Balaban J connectivity index is 0.000000555. The van der Waals surface area contributed by atoms with Gasteiger partial charge in [0.25, 0.3) is 0 Å². The Bertz CT molecular complexity index is 580. The van der Waals surface area contributed by atoms with Crippen molar-refractivity contribution in [3.8, 4) is 5.75 Å². The normalized spacial score (nSPS) is 10.2. The quantitative estimate of drug-likeness (QED) is 0.476. The summed E-state index contributed by atoms with van der Waals surface area (Å²) in [6.07, 6.45) is 0. The second-order valence-electron chi connectivity index (χ2n) is 3.08. The molecule has 10 heteroatoms. The topological polar surface area (TPSA) is 180 Å². The first kappa shape index (κ1) is 16.8. The van der Waals surface area contributed by atoms with Gasteiger partial charge in [-0.05, 0) is 18.2 Å². The molecule has 0 bridgehead atoms. The molecule has 0 spiro atoms. The van der Waals surface area contributed by atoms with E-state index in [4.69, 9.17) is 15.3 Å². The number of aromatic hydroxyl groups is 1. The predicted octanol–water partition coefficient (Wildman–Crippen LogP) is -1.69. The Hall–Kier alpha value is -2.17. The lowest BCUT2D eigenvalue weighted by Gasteiger charge is -2.08. The Morgan fingerprint density at radius 2 is 1.74 bits per heavy atom. The molecule has 0 aliphatic heterocycles. The van der Waals surface area contributed by atoms with Gasteiger partial charge >= 0.3 is 11.9 Å². The molecule has 0 atom stereocenters. The van der Waals surface area contributed by atoms with Gasteiger partial charge in [0.2, 0.25) is 0 Å². The minimum atomic E-state index is -4.70. The number of carboxylic acids is 2. The van der Waals surface area contributed by atoms with Crippen molar-refractivity contribution in [2.75, 3.05) is 6.54 Å². The van der Waals surface area contributed by atoms with Gasteiger partial charge in [-0.15, -0.1) is 0 Å². The van der Waals surface area contributed by atoms with E-state index in [1.165, 1.54) is 0 Å². The summed E-state index contributed by atoms with van der Waals surface area (Å²) in [6, 6.07) is 2.29. The zero-order valence-electron chi connectivity index (χ0n) is 9.44. The van der Waals surface area contributed by atoms with E-state index in [0.29, 0.717) is 6.07 Å². The summed E-state index contributed by atoms with van der Waals surface area (Å²) in [6.45, 7) is -0.0278. The number of benzene rings is 1. The minimum absolute atomic E-state index is 0.0278. The van der Waals surface area contributed by atoms with Crippen molar-refractivity contribution in [3.05, 3.63) is 23.8 Å². The van der Waals surface area contributed by atoms with Crippen LogP contribution in [0.25, 0.3) is 0 Å². The van der Waals surface area contributed by atoms with Crippen molar-refractivity contribution in [3.63, 3.8) is 0 Å². The molecule has 1 aromatic rings. The van der Waals surface area contributed by atoms with Gasteiger partial charge in [0.15, 0.2) is 6.54 Å². The SMILES string of the molecule is O=C(O)c1cc(S(=O)(=O)[O-])ccc1O.[NH3+]CC(=O)O. The molecule has 0 unspecified atom stereocenters. The van der Waals surface area contributed by atoms with E-state index in [0.717, 1.165) is 12.1 Å².